The molecular formula is C9H4ClF6NO2. The summed E-state index contributed by atoms with van der Waals surface area (Å²) >= 11 is 5.27. The predicted molar refractivity (Wildman–Crippen MR) is 50.9 cm³/mol. The van der Waals surface area contributed by atoms with Crippen molar-refractivity contribution in [2.75, 3.05) is 0 Å². The van der Waals surface area contributed by atoms with Crippen LogP contribution >= 0.6 is 11.6 Å². The Bertz CT molecular complexity index is 485. The van der Waals surface area contributed by atoms with Gasteiger partial charge in [-0.05, 0) is 6.07 Å². The van der Waals surface area contributed by atoms with Crippen LogP contribution in [-0.2, 0) is 12.1 Å². The maximum Gasteiger partial charge on any atom is 0.574 e. The number of aromatic nitrogens is 1. The highest BCUT2D eigenvalue weighted by Crippen LogP contribution is 2.39. The van der Waals surface area contributed by atoms with Crippen molar-refractivity contribution in [2.24, 2.45) is 0 Å². The molecule has 0 saturated heterocycles. The zero-order chi connectivity index (χ0) is 14.8. The average molecular weight is 308 g/mol. The van der Waals surface area contributed by atoms with Gasteiger partial charge in [0.15, 0.2) is 6.29 Å². The Hall–Kier alpha value is -1.51. The van der Waals surface area contributed by atoms with Gasteiger partial charge in [-0.25, -0.2) is 4.98 Å². The molecule has 0 bridgehead atoms. The van der Waals surface area contributed by atoms with E-state index in [1.54, 1.807) is 0 Å². The van der Waals surface area contributed by atoms with E-state index in [2.05, 4.69) is 9.72 Å². The van der Waals surface area contributed by atoms with Gasteiger partial charge < -0.3 is 4.74 Å². The highest BCUT2D eigenvalue weighted by atomic mass is 35.5. The van der Waals surface area contributed by atoms with E-state index in [1.165, 1.54) is 0 Å². The second-order valence-corrected chi connectivity index (χ2v) is 3.45. The lowest BCUT2D eigenvalue weighted by Gasteiger charge is -2.16. The Morgan fingerprint density at radius 2 is 1.84 bits per heavy atom. The minimum Gasteiger partial charge on any atom is -0.387 e. The van der Waals surface area contributed by atoms with E-state index >= 15 is 0 Å². The van der Waals surface area contributed by atoms with Crippen molar-refractivity contribution in [3.63, 3.8) is 0 Å². The molecule has 0 fully saturated rings. The molecule has 1 aromatic rings. The fraction of sp³-hybridized carbons (Fsp3) is 0.333. The monoisotopic (exact) mass is 307 g/mol. The molecule has 0 atom stereocenters. The molecule has 0 radical (unpaired) electrons. The first-order valence-electron chi connectivity index (χ1n) is 4.46. The number of carbonyl (C=O) groups excluding carboxylic acids is 1. The Kier molecular flexibility index (Phi) is 4.28. The highest BCUT2D eigenvalue weighted by molar-refractivity contribution is 6.16. The van der Waals surface area contributed by atoms with Crippen molar-refractivity contribution in [1.82, 2.24) is 4.98 Å². The molecular weight excluding hydrogens is 304 g/mol. The summed E-state index contributed by atoms with van der Waals surface area (Å²) in [6, 6.07) is 0.645. The zero-order valence-electron chi connectivity index (χ0n) is 8.77. The molecule has 0 amide bonds. The molecule has 0 spiro atoms. The van der Waals surface area contributed by atoms with Crippen molar-refractivity contribution in [3.05, 3.63) is 22.9 Å². The number of nitrogens with zero attached hydrogens (tertiary/aromatic N) is 1. The molecule has 1 heterocycles. The summed E-state index contributed by atoms with van der Waals surface area (Å²) < 4.78 is 77.2. The fourth-order valence-electron chi connectivity index (χ4n) is 1.22. The van der Waals surface area contributed by atoms with E-state index in [-0.39, 0.29) is 12.0 Å². The highest BCUT2D eigenvalue weighted by Gasteiger charge is 2.42. The van der Waals surface area contributed by atoms with E-state index in [1.807, 2.05) is 0 Å². The number of halogens is 7. The lowest BCUT2D eigenvalue weighted by atomic mass is 10.1. The summed E-state index contributed by atoms with van der Waals surface area (Å²) in [5, 5.41) is 0. The molecule has 1 aromatic heterocycles. The summed E-state index contributed by atoms with van der Waals surface area (Å²) in [7, 11) is 0. The molecule has 0 aliphatic heterocycles. The van der Waals surface area contributed by atoms with Crippen LogP contribution < -0.4 is 4.74 Å². The molecule has 106 valence electrons. The molecule has 10 heteroatoms. The van der Waals surface area contributed by atoms with Crippen LogP contribution in [0.4, 0.5) is 26.3 Å². The minimum absolute atomic E-state index is 0.246. The van der Waals surface area contributed by atoms with Gasteiger partial charge in [0, 0.05) is 5.56 Å². The van der Waals surface area contributed by atoms with E-state index in [4.69, 9.17) is 11.6 Å². The van der Waals surface area contributed by atoms with Crippen LogP contribution in [0.1, 0.15) is 21.6 Å². The number of alkyl halides is 7. The number of hydrogen-bond acceptors (Lipinski definition) is 3. The smallest absolute Gasteiger partial charge is 0.387 e. The van der Waals surface area contributed by atoms with Crippen LogP contribution in [0.3, 0.4) is 0 Å². The largest absolute Gasteiger partial charge is 0.574 e. The number of aldehydes is 1. The Morgan fingerprint density at radius 3 is 2.21 bits per heavy atom. The van der Waals surface area contributed by atoms with Crippen LogP contribution in [-0.4, -0.2) is 17.6 Å². The molecule has 0 unspecified atom stereocenters. The summed E-state index contributed by atoms with van der Waals surface area (Å²) in [6.45, 7) is 0. The van der Waals surface area contributed by atoms with Gasteiger partial charge in [0.1, 0.15) is 5.56 Å². The summed E-state index contributed by atoms with van der Waals surface area (Å²) in [5.74, 6) is -2.23. The van der Waals surface area contributed by atoms with Gasteiger partial charge in [-0.3, -0.25) is 4.79 Å². The standard InChI is InChI=1S/C9H4ClF6NO2/c10-2-5-1-4(3-18)6(8(11,12)13)7(17-5)19-9(14,15)16/h1,3H,2H2. The van der Waals surface area contributed by atoms with Crippen molar-refractivity contribution in [3.8, 4) is 5.88 Å². The normalized spacial score (nSPS) is 12.4. The number of pyridine rings is 1. The Morgan fingerprint density at radius 1 is 1.26 bits per heavy atom. The van der Waals surface area contributed by atoms with Crippen molar-refractivity contribution >= 4 is 17.9 Å². The average Bonchev–Trinajstić information content (AvgIpc) is 2.23. The molecule has 0 saturated carbocycles. The number of rotatable bonds is 3. The van der Waals surface area contributed by atoms with Crippen molar-refractivity contribution in [1.29, 1.82) is 0 Å². The third-order valence-corrected chi connectivity index (χ3v) is 2.10. The van der Waals surface area contributed by atoms with Crippen LogP contribution in [0.5, 0.6) is 5.88 Å². The first kappa shape index (κ1) is 15.5. The van der Waals surface area contributed by atoms with Gasteiger partial charge in [0.05, 0.1) is 11.6 Å². The maximum absolute atomic E-state index is 12.6. The first-order chi connectivity index (χ1) is 8.58. The van der Waals surface area contributed by atoms with Crippen LogP contribution in [0, 0.1) is 0 Å². The topological polar surface area (TPSA) is 39.2 Å². The van der Waals surface area contributed by atoms with Crippen LogP contribution in [0.15, 0.2) is 6.07 Å². The number of carbonyl (C=O) groups is 1. The molecule has 19 heavy (non-hydrogen) atoms. The maximum atomic E-state index is 12.6. The van der Waals surface area contributed by atoms with Gasteiger partial charge in [-0.1, -0.05) is 0 Å². The molecule has 0 aliphatic rings. The Labute approximate surface area is 107 Å². The van der Waals surface area contributed by atoms with Gasteiger partial charge >= 0.3 is 12.5 Å². The van der Waals surface area contributed by atoms with Gasteiger partial charge in [0.2, 0.25) is 5.88 Å². The van der Waals surface area contributed by atoms with E-state index in [0.29, 0.717) is 6.07 Å². The van der Waals surface area contributed by atoms with E-state index < -0.39 is 35.4 Å². The molecule has 1 rings (SSSR count). The summed E-state index contributed by atoms with van der Waals surface area (Å²) in [4.78, 5) is 13.6. The Balaban J connectivity index is 3.51. The minimum atomic E-state index is -5.38. The third-order valence-electron chi connectivity index (χ3n) is 1.83. The van der Waals surface area contributed by atoms with E-state index in [9.17, 15) is 31.1 Å². The zero-order valence-corrected chi connectivity index (χ0v) is 9.53. The van der Waals surface area contributed by atoms with Gasteiger partial charge in [-0.2, -0.15) is 13.2 Å². The lowest BCUT2D eigenvalue weighted by molar-refractivity contribution is -0.277. The second kappa shape index (κ2) is 5.24. The molecule has 0 N–H and O–H groups in total. The number of hydrogen-bond donors (Lipinski definition) is 0. The second-order valence-electron chi connectivity index (χ2n) is 3.18. The predicted octanol–water partition coefficient (Wildman–Crippen LogP) is 3.55. The molecule has 0 aliphatic carbocycles. The summed E-state index contributed by atoms with van der Waals surface area (Å²) in [5.41, 5.74) is -3.28. The van der Waals surface area contributed by atoms with E-state index in [0.717, 1.165) is 0 Å². The fourth-order valence-corrected chi connectivity index (χ4v) is 1.36. The number of ether oxygens (including phenoxy) is 1. The van der Waals surface area contributed by atoms with Crippen LogP contribution in [0.2, 0.25) is 0 Å². The first-order valence-corrected chi connectivity index (χ1v) is 5.00. The molecule has 0 aromatic carbocycles. The van der Waals surface area contributed by atoms with Gasteiger partial charge in [-0.15, -0.1) is 24.8 Å². The SMILES string of the molecule is O=Cc1cc(CCl)nc(OC(F)(F)F)c1C(F)(F)F. The summed E-state index contributed by atoms with van der Waals surface area (Å²) in [6.07, 6.45) is -10.9. The van der Waals surface area contributed by atoms with Gasteiger partial charge in [0.25, 0.3) is 0 Å². The lowest BCUT2D eigenvalue weighted by Crippen LogP contribution is -2.22. The van der Waals surface area contributed by atoms with Crippen molar-refractivity contribution in [2.45, 2.75) is 18.4 Å². The quantitative estimate of drug-likeness (QED) is 0.487. The third kappa shape index (κ3) is 3.98. The molecule has 3 nitrogen and oxygen atoms in total. The van der Waals surface area contributed by atoms with Crippen LogP contribution in [0.25, 0.3) is 0 Å². The van der Waals surface area contributed by atoms with Crippen molar-refractivity contribution < 1.29 is 35.9 Å².